The zero-order chi connectivity index (χ0) is 13.5. The van der Waals surface area contributed by atoms with E-state index in [4.69, 9.17) is 15.2 Å². The van der Waals surface area contributed by atoms with Gasteiger partial charge in [0.2, 0.25) is 0 Å². The average Bonchev–Trinajstić information content (AvgIpc) is 2.96. The third-order valence-corrected chi connectivity index (χ3v) is 3.40. The molecule has 1 aliphatic rings. The van der Waals surface area contributed by atoms with Crippen LogP contribution in [0.15, 0.2) is 24.3 Å². The highest BCUT2D eigenvalue weighted by atomic mass is 16.5. The lowest BCUT2D eigenvalue weighted by Gasteiger charge is -2.16. The largest absolute Gasteiger partial charge is 0.491 e. The molecule has 0 amide bonds. The third kappa shape index (κ3) is 4.82. The van der Waals surface area contributed by atoms with Gasteiger partial charge >= 0.3 is 0 Å². The van der Waals surface area contributed by atoms with E-state index in [1.165, 1.54) is 12.8 Å². The highest BCUT2D eigenvalue weighted by Crippen LogP contribution is 2.21. The molecule has 2 rings (SSSR count). The van der Waals surface area contributed by atoms with Gasteiger partial charge in [-0.25, -0.2) is 0 Å². The molecule has 0 heterocycles. The molecule has 4 heteroatoms. The van der Waals surface area contributed by atoms with Crippen LogP contribution in [0.4, 0.5) is 0 Å². The van der Waals surface area contributed by atoms with Gasteiger partial charge < -0.3 is 20.3 Å². The molecule has 0 radical (unpaired) electrons. The Balaban J connectivity index is 1.68. The van der Waals surface area contributed by atoms with Gasteiger partial charge in [-0.3, -0.25) is 0 Å². The molecule has 1 fully saturated rings. The van der Waals surface area contributed by atoms with E-state index in [1.807, 2.05) is 24.3 Å². The number of hydrogen-bond acceptors (Lipinski definition) is 4. The molecule has 1 saturated carbocycles. The molecular weight excluding hydrogens is 242 g/mol. The van der Waals surface area contributed by atoms with Crippen LogP contribution in [0.25, 0.3) is 0 Å². The Kier molecular flexibility index (Phi) is 5.63. The van der Waals surface area contributed by atoms with E-state index in [2.05, 4.69) is 0 Å². The fourth-order valence-corrected chi connectivity index (χ4v) is 2.30. The Morgan fingerprint density at radius 2 is 2.05 bits per heavy atom. The number of rotatable bonds is 7. The van der Waals surface area contributed by atoms with Gasteiger partial charge in [-0.1, -0.05) is 25.0 Å². The first kappa shape index (κ1) is 14.3. The number of benzene rings is 1. The Bertz CT molecular complexity index is 377. The summed E-state index contributed by atoms with van der Waals surface area (Å²) in [7, 11) is 0. The molecule has 1 atom stereocenters. The van der Waals surface area contributed by atoms with Gasteiger partial charge in [-0.15, -0.1) is 0 Å². The van der Waals surface area contributed by atoms with Crippen molar-refractivity contribution in [3.05, 3.63) is 29.8 Å². The highest BCUT2D eigenvalue weighted by molar-refractivity contribution is 5.28. The zero-order valence-corrected chi connectivity index (χ0v) is 11.3. The van der Waals surface area contributed by atoms with Gasteiger partial charge in [0.15, 0.2) is 0 Å². The predicted octanol–water partition coefficient (Wildman–Crippen LogP) is 1.84. The highest BCUT2D eigenvalue weighted by Gasteiger charge is 2.17. The quantitative estimate of drug-likeness (QED) is 0.789. The molecule has 4 nitrogen and oxygen atoms in total. The monoisotopic (exact) mass is 265 g/mol. The van der Waals surface area contributed by atoms with Crippen LogP contribution >= 0.6 is 0 Å². The molecule has 1 unspecified atom stereocenters. The second-order valence-corrected chi connectivity index (χ2v) is 5.06. The molecule has 106 valence electrons. The summed E-state index contributed by atoms with van der Waals surface area (Å²) in [6.07, 6.45) is 4.46. The van der Waals surface area contributed by atoms with E-state index in [9.17, 15) is 5.11 Å². The molecule has 0 aromatic heterocycles. The summed E-state index contributed by atoms with van der Waals surface area (Å²) in [5.41, 5.74) is 6.59. The topological polar surface area (TPSA) is 64.7 Å². The normalized spacial score (nSPS) is 17.6. The molecule has 0 saturated heterocycles. The first-order chi connectivity index (χ1) is 9.28. The maximum atomic E-state index is 9.82. The molecule has 0 aliphatic heterocycles. The van der Waals surface area contributed by atoms with Crippen molar-refractivity contribution in [2.45, 2.75) is 44.4 Å². The van der Waals surface area contributed by atoms with E-state index >= 15 is 0 Å². The average molecular weight is 265 g/mol. The van der Waals surface area contributed by atoms with E-state index in [-0.39, 0.29) is 6.61 Å². The van der Waals surface area contributed by atoms with Gasteiger partial charge in [0, 0.05) is 6.54 Å². The fraction of sp³-hybridized carbons (Fsp3) is 0.600. The van der Waals surface area contributed by atoms with E-state index in [1.54, 1.807) is 0 Å². The summed E-state index contributed by atoms with van der Waals surface area (Å²) in [6.45, 7) is 1.09. The lowest BCUT2D eigenvalue weighted by Crippen LogP contribution is -2.26. The van der Waals surface area contributed by atoms with Crippen molar-refractivity contribution in [3.8, 4) is 5.75 Å². The number of aliphatic hydroxyl groups excluding tert-OH is 1. The zero-order valence-electron chi connectivity index (χ0n) is 11.3. The predicted molar refractivity (Wildman–Crippen MR) is 74.0 cm³/mol. The van der Waals surface area contributed by atoms with Crippen molar-refractivity contribution in [3.63, 3.8) is 0 Å². The number of ether oxygens (including phenoxy) is 2. The van der Waals surface area contributed by atoms with Gasteiger partial charge in [0.05, 0.1) is 12.7 Å². The van der Waals surface area contributed by atoms with E-state index in [0.29, 0.717) is 19.3 Å². The summed E-state index contributed by atoms with van der Waals surface area (Å²) in [5, 5.41) is 9.82. The Morgan fingerprint density at radius 3 is 2.79 bits per heavy atom. The summed E-state index contributed by atoms with van der Waals surface area (Å²) in [5.74, 6) is 0.739. The lowest BCUT2D eigenvalue weighted by atomic mass is 10.2. The summed E-state index contributed by atoms with van der Waals surface area (Å²) in [4.78, 5) is 0. The standard InChI is InChI=1S/C15H23NO3/c16-9-12-4-3-7-15(8-12)19-11-13(17)10-18-14-5-1-2-6-14/h3-4,7-8,13-14,17H,1-2,5-6,9-11,16H2. The maximum Gasteiger partial charge on any atom is 0.119 e. The third-order valence-electron chi connectivity index (χ3n) is 3.40. The summed E-state index contributed by atoms with van der Waals surface area (Å²) in [6, 6.07) is 7.61. The minimum absolute atomic E-state index is 0.251. The van der Waals surface area contributed by atoms with Gasteiger partial charge in [0.25, 0.3) is 0 Å². The van der Waals surface area contributed by atoms with Gasteiger partial charge in [-0.2, -0.15) is 0 Å². The second kappa shape index (κ2) is 7.48. The van der Waals surface area contributed by atoms with Crippen molar-refractivity contribution in [1.82, 2.24) is 0 Å². The molecular formula is C15H23NO3. The van der Waals surface area contributed by atoms with Crippen molar-refractivity contribution in [1.29, 1.82) is 0 Å². The van der Waals surface area contributed by atoms with Crippen LogP contribution in [-0.4, -0.2) is 30.5 Å². The number of hydrogen-bond donors (Lipinski definition) is 2. The first-order valence-corrected chi connectivity index (χ1v) is 6.99. The maximum absolute atomic E-state index is 9.82. The Labute approximate surface area is 114 Å². The minimum Gasteiger partial charge on any atom is -0.491 e. The van der Waals surface area contributed by atoms with Crippen LogP contribution in [0.5, 0.6) is 5.75 Å². The van der Waals surface area contributed by atoms with Crippen molar-refractivity contribution in [2.24, 2.45) is 5.73 Å². The summed E-state index contributed by atoms with van der Waals surface area (Å²) < 4.78 is 11.2. The Morgan fingerprint density at radius 1 is 1.26 bits per heavy atom. The van der Waals surface area contributed by atoms with Crippen LogP contribution in [0.2, 0.25) is 0 Å². The van der Waals surface area contributed by atoms with Crippen LogP contribution in [0, 0.1) is 0 Å². The second-order valence-electron chi connectivity index (χ2n) is 5.06. The first-order valence-electron chi connectivity index (χ1n) is 6.99. The molecule has 3 N–H and O–H groups in total. The molecule has 1 aromatic rings. The SMILES string of the molecule is NCc1cccc(OCC(O)COC2CCCC2)c1. The molecule has 1 aromatic carbocycles. The van der Waals surface area contributed by atoms with Gasteiger partial charge in [0.1, 0.15) is 18.5 Å². The number of nitrogens with two attached hydrogens (primary N) is 1. The van der Waals surface area contributed by atoms with Crippen molar-refractivity contribution in [2.75, 3.05) is 13.2 Å². The van der Waals surface area contributed by atoms with Crippen LogP contribution in [0.1, 0.15) is 31.2 Å². The molecule has 1 aliphatic carbocycles. The lowest BCUT2D eigenvalue weighted by molar-refractivity contribution is -0.0219. The number of aliphatic hydroxyl groups is 1. The molecule has 0 bridgehead atoms. The summed E-state index contributed by atoms with van der Waals surface area (Å²) >= 11 is 0. The molecule has 0 spiro atoms. The van der Waals surface area contributed by atoms with E-state index < -0.39 is 6.10 Å². The van der Waals surface area contributed by atoms with Crippen LogP contribution in [-0.2, 0) is 11.3 Å². The Hall–Kier alpha value is -1.10. The fourth-order valence-electron chi connectivity index (χ4n) is 2.30. The van der Waals surface area contributed by atoms with Crippen LogP contribution in [0.3, 0.4) is 0 Å². The minimum atomic E-state index is -0.581. The smallest absolute Gasteiger partial charge is 0.119 e. The van der Waals surface area contributed by atoms with Crippen molar-refractivity contribution >= 4 is 0 Å². The molecule has 19 heavy (non-hydrogen) atoms. The van der Waals surface area contributed by atoms with E-state index in [0.717, 1.165) is 24.2 Å². The van der Waals surface area contributed by atoms with Crippen molar-refractivity contribution < 1.29 is 14.6 Å². The van der Waals surface area contributed by atoms with Gasteiger partial charge in [-0.05, 0) is 30.5 Å². The van der Waals surface area contributed by atoms with Crippen LogP contribution < -0.4 is 10.5 Å².